The van der Waals surface area contributed by atoms with E-state index < -0.39 is 0 Å². The van der Waals surface area contributed by atoms with Crippen LogP contribution in [0.2, 0.25) is 0 Å². The zero-order valence-electron chi connectivity index (χ0n) is 6.78. The van der Waals surface area contributed by atoms with E-state index in [-0.39, 0.29) is 0 Å². The molecule has 1 nitrogen and oxygen atoms in total. The number of hydrogen-bond acceptors (Lipinski definition) is 2. The Morgan fingerprint density at radius 2 is 2.09 bits per heavy atom. The highest BCUT2D eigenvalue weighted by Crippen LogP contribution is 2.14. The summed E-state index contributed by atoms with van der Waals surface area (Å²) < 4.78 is 0. The van der Waals surface area contributed by atoms with Gasteiger partial charge < -0.3 is 0 Å². The molecule has 0 radical (unpaired) electrons. The molecule has 0 atom stereocenters. The van der Waals surface area contributed by atoms with Gasteiger partial charge in [-0.05, 0) is 24.8 Å². The molecule has 0 bridgehead atoms. The molecule has 0 amide bonds. The fraction of sp³-hybridized carbons (Fsp3) is 0.250. The molecule has 0 aromatic rings. The lowest BCUT2D eigenvalue weighted by Crippen LogP contribution is -1.99. The van der Waals surface area contributed by atoms with E-state index in [9.17, 15) is 0 Å². The van der Waals surface area contributed by atoms with Crippen molar-refractivity contribution in [2.45, 2.75) is 6.92 Å². The van der Waals surface area contributed by atoms with Gasteiger partial charge in [-0.2, -0.15) is 0 Å². The third-order valence-corrected chi connectivity index (χ3v) is 1.97. The Hall–Kier alpha value is -0.340. The van der Waals surface area contributed by atoms with E-state index in [1.807, 2.05) is 19.3 Å². The van der Waals surface area contributed by atoms with E-state index in [0.717, 1.165) is 16.2 Å². The maximum atomic E-state index is 5.43. The topological polar surface area (TPSA) is 12.0 Å². The molecular weight excluding hydrogens is 178 g/mol. The lowest BCUT2D eigenvalue weighted by molar-refractivity contribution is 1.19. The van der Waals surface area contributed by atoms with Crippen molar-refractivity contribution in [2.75, 3.05) is 6.26 Å². The number of allylic oxidation sites excluding steroid dienone is 2. The molecule has 0 aliphatic carbocycles. The first-order valence-electron chi connectivity index (χ1n) is 3.09. The maximum absolute atomic E-state index is 5.43. The van der Waals surface area contributed by atoms with Crippen LogP contribution in [0.15, 0.2) is 35.4 Å². The fourth-order valence-corrected chi connectivity index (χ4v) is 0.903. The third kappa shape index (κ3) is 4.17. The van der Waals surface area contributed by atoms with Gasteiger partial charge in [0.05, 0.1) is 5.70 Å². The quantitative estimate of drug-likeness (QED) is 0.539. The van der Waals surface area contributed by atoms with Gasteiger partial charge in [-0.1, -0.05) is 13.2 Å². The van der Waals surface area contributed by atoms with Crippen LogP contribution in [0, 0.1) is 0 Å². The van der Waals surface area contributed by atoms with E-state index in [4.69, 9.17) is 11.8 Å². The Bertz CT molecular complexity index is 196. The summed E-state index contributed by atoms with van der Waals surface area (Å²) in [4.78, 5) is 3.48. The van der Waals surface area contributed by atoms with Gasteiger partial charge in [-0.25, -0.2) is 0 Å². The molecule has 3 heteroatoms. The van der Waals surface area contributed by atoms with Crippen LogP contribution in [0.25, 0.3) is 0 Å². The Kier molecular flexibility index (Phi) is 5.16. The third-order valence-electron chi connectivity index (χ3n) is 1.13. The predicted octanol–water partition coefficient (Wildman–Crippen LogP) is 3.07. The Morgan fingerprint density at radius 3 is 2.36 bits per heavy atom. The summed E-state index contributed by atoms with van der Waals surface area (Å²) in [6.07, 6.45) is 3.82. The second-order valence-electron chi connectivity index (χ2n) is 2.10. The Morgan fingerprint density at radius 1 is 1.55 bits per heavy atom. The smallest absolute Gasteiger partial charge is 0.0525 e. The number of thioether (sulfide) groups is 1. The van der Waals surface area contributed by atoms with Crippen molar-refractivity contribution in [2.24, 2.45) is 0 Å². The van der Waals surface area contributed by atoms with Crippen molar-refractivity contribution in [1.82, 2.24) is 4.84 Å². The molecular formula is C8H12ClNS. The van der Waals surface area contributed by atoms with Gasteiger partial charge in [-0.15, -0.1) is 11.8 Å². The van der Waals surface area contributed by atoms with Gasteiger partial charge in [-0.3, -0.25) is 4.84 Å². The number of halogens is 1. The summed E-state index contributed by atoms with van der Waals surface area (Å²) in [6, 6.07) is 0. The Balaban J connectivity index is 4.35. The SMILES string of the molecule is C=C(/C=C(/NCl)C(=C)C)SC. The van der Waals surface area contributed by atoms with Crippen LogP contribution in [0.3, 0.4) is 0 Å². The second kappa shape index (κ2) is 5.33. The first-order valence-corrected chi connectivity index (χ1v) is 4.69. The van der Waals surface area contributed by atoms with E-state index >= 15 is 0 Å². The summed E-state index contributed by atoms with van der Waals surface area (Å²) in [5.41, 5.74) is 1.71. The minimum absolute atomic E-state index is 0.811. The highest BCUT2D eigenvalue weighted by Gasteiger charge is 1.95. The summed E-state index contributed by atoms with van der Waals surface area (Å²) in [5.74, 6) is 0. The fourth-order valence-electron chi connectivity index (χ4n) is 0.451. The number of rotatable bonds is 4. The van der Waals surface area contributed by atoms with Crippen LogP contribution < -0.4 is 4.84 Å². The summed E-state index contributed by atoms with van der Waals surface area (Å²) in [7, 11) is 0. The summed E-state index contributed by atoms with van der Waals surface area (Å²) >= 11 is 7.01. The average molecular weight is 190 g/mol. The highest BCUT2D eigenvalue weighted by molar-refractivity contribution is 8.02. The molecule has 62 valence electrons. The minimum atomic E-state index is 0.811. The molecule has 0 rings (SSSR count). The van der Waals surface area contributed by atoms with Gasteiger partial charge in [0.2, 0.25) is 0 Å². The van der Waals surface area contributed by atoms with Crippen molar-refractivity contribution < 1.29 is 0 Å². The van der Waals surface area contributed by atoms with E-state index in [1.54, 1.807) is 11.8 Å². The van der Waals surface area contributed by atoms with Crippen molar-refractivity contribution >= 4 is 23.5 Å². The van der Waals surface area contributed by atoms with E-state index in [1.165, 1.54) is 0 Å². The van der Waals surface area contributed by atoms with Gasteiger partial charge in [0, 0.05) is 16.7 Å². The van der Waals surface area contributed by atoms with Crippen molar-refractivity contribution in [3.63, 3.8) is 0 Å². The summed E-state index contributed by atoms with van der Waals surface area (Å²) in [5, 5.41) is 0. The summed E-state index contributed by atoms with van der Waals surface area (Å²) in [6.45, 7) is 9.42. The Labute approximate surface area is 77.3 Å². The van der Waals surface area contributed by atoms with Crippen molar-refractivity contribution in [3.8, 4) is 0 Å². The molecule has 0 heterocycles. The molecule has 0 saturated carbocycles. The molecule has 0 spiro atoms. The van der Waals surface area contributed by atoms with Crippen LogP contribution >= 0.6 is 23.5 Å². The number of nitrogens with one attached hydrogen (secondary N) is 1. The van der Waals surface area contributed by atoms with Crippen LogP contribution in [0.5, 0.6) is 0 Å². The molecule has 0 saturated heterocycles. The first-order chi connectivity index (χ1) is 5.11. The van der Waals surface area contributed by atoms with Crippen molar-refractivity contribution in [3.05, 3.63) is 35.4 Å². The largest absolute Gasteiger partial charge is 0.298 e. The normalized spacial score (nSPS) is 11.0. The minimum Gasteiger partial charge on any atom is -0.298 e. The highest BCUT2D eigenvalue weighted by atomic mass is 35.5. The van der Waals surface area contributed by atoms with E-state index in [2.05, 4.69) is 18.0 Å². The van der Waals surface area contributed by atoms with Crippen LogP contribution in [0.1, 0.15) is 6.92 Å². The van der Waals surface area contributed by atoms with Gasteiger partial charge in [0.15, 0.2) is 0 Å². The van der Waals surface area contributed by atoms with Gasteiger partial charge in [0.1, 0.15) is 0 Å². The molecule has 11 heavy (non-hydrogen) atoms. The predicted molar refractivity (Wildman–Crippen MR) is 54.5 cm³/mol. The van der Waals surface area contributed by atoms with Crippen LogP contribution in [0.4, 0.5) is 0 Å². The van der Waals surface area contributed by atoms with Crippen molar-refractivity contribution in [1.29, 1.82) is 0 Å². The van der Waals surface area contributed by atoms with Crippen LogP contribution in [-0.2, 0) is 0 Å². The van der Waals surface area contributed by atoms with Crippen LogP contribution in [-0.4, -0.2) is 6.26 Å². The van der Waals surface area contributed by atoms with Gasteiger partial charge >= 0.3 is 0 Å². The van der Waals surface area contributed by atoms with E-state index in [0.29, 0.717) is 0 Å². The zero-order chi connectivity index (χ0) is 8.85. The average Bonchev–Trinajstić information content (AvgIpc) is 1.99. The lowest BCUT2D eigenvalue weighted by atomic mass is 10.2. The number of hydrogen-bond donors (Lipinski definition) is 1. The molecule has 0 aliphatic rings. The monoisotopic (exact) mass is 189 g/mol. The standard InChI is InChI=1S/C8H12ClNS/c1-6(2)8(10-9)5-7(3)11-4/h5,10H,1,3H2,2,4H3/b8-5+. The molecule has 0 unspecified atom stereocenters. The molecule has 0 fully saturated rings. The molecule has 1 N–H and O–H groups in total. The maximum Gasteiger partial charge on any atom is 0.0525 e. The lowest BCUT2D eigenvalue weighted by Gasteiger charge is -2.03. The molecule has 0 aromatic heterocycles. The zero-order valence-corrected chi connectivity index (χ0v) is 8.35. The molecule has 0 aliphatic heterocycles. The molecule has 0 aromatic carbocycles. The second-order valence-corrected chi connectivity index (χ2v) is 3.22. The van der Waals surface area contributed by atoms with Gasteiger partial charge in [0.25, 0.3) is 0 Å². The first kappa shape index (κ1) is 10.7.